The lowest BCUT2D eigenvalue weighted by Crippen LogP contribution is -2.37. The van der Waals surface area contributed by atoms with E-state index in [1.165, 1.54) is 17.3 Å². The number of carbonyl (C=O) groups is 1. The van der Waals surface area contributed by atoms with E-state index in [1.807, 2.05) is 25.1 Å². The summed E-state index contributed by atoms with van der Waals surface area (Å²) >= 11 is 2.31. The number of aryl methyl sites for hydroxylation is 1. The Labute approximate surface area is 149 Å². The number of benzene rings is 1. The monoisotopic (exact) mass is 364 g/mol. The number of thiophene rings is 1. The fourth-order valence-electron chi connectivity index (χ4n) is 2.22. The maximum atomic E-state index is 12.3. The maximum Gasteiger partial charge on any atom is 0.337 e. The molecule has 0 aliphatic heterocycles. The molecular weight excluding hydrogens is 344 g/mol. The van der Waals surface area contributed by atoms with Crippen LogP contribution < -0.4 is 5.32 Å². The first kappa shape index (κ1) is 18.5. The van der Waals surface area contributed by atoms with Crippen molar-refractivity contribution >= 4 is 34.0 Å². The van der Waals surface area contributed by atoms with Crippen molar-refractivity contribution in [1.82, 2.24) is 5.32 Å². The van der Waals surface area contributed by atoms with Gasteiger partial charge in [-0.1, -0.05) is 41.7 Å². The van der Waals surface area contributed by atoms with Crippen molar-refractivity contribution in [3.05, 3.63) is 57.5 Å². The third-order valence-electron chi connectivity index (χ3n) is 3.55. The van der Waals surface area contributed by atoms with Gasteiger partial charge in [-0.25, -0.2) is 0 Å². The zero-order valence-corrected chi connectivity index (χ0v) is 15.2. The molecule has 24 heavy (non-hydrogen) atoms. The molecule has 1 heterocycles. The molecule has 0 aliphatic carbocycles. The van der Waals surface area contributed by atoms with Crippen molar-refractivity contribution in [1.29, 1.82) is 0 Å². The molecule has 1 amide bonds. The number of nitrogens with zero attached hydrogens (tertiary/aromatic N) is 1. The van der Waals surface area contributed by atoms with Crippen LogP contribution in [0.1, 0.15) is 25.8 Å². The minimum atomic E-state index is -0.403. The zero-order chi connectivity index (χ0) is 17.5. The predicted octanol–water partition coefficient (Wildman–Crippen LogP) is 4.27. The molecule has 0 unspecified atom stereocenters. The Morgan fingerprint density at radius 2 is 2.00 bits per heavy atom. The molecule has 0 radical (unpaired) electrons. The van der Waals surface area contributed by atoms with Crippen molar-refractivity contribution < 1.29 is 9.72 Å². The van der Waals surface area contributed by atoms with Gasteiger partial charge in [-0.05, 0) is 43.7 Å². The number of nitro groups is 1. The summed E-state index contributed by atoms with van der Waals surface area (Å²) in [5.41, 5.74) is 1.25. The van der Waals surface area contributed by atoms with Gasteiger partial charge in [0.25, 0.3) is 0 Å². The van der Waals surface area contributed by atoms with Crippen molar-refractivity contribution in [3.8, 4) is 0 Å². The summed E-state index contributed by atoms with van der Waals surface area (Å²) in [5, 5.41) is 15.3. The molecule has 0 saturated heterocycles. The smallest absolute Gasteiger partial charge is 0.337 e. The van der Waals surface area contributed by atoms with E-state index < -0.39 is 4.92 Å². The van der Waals surface area contributed by atoms with Crippen LogP contribution in [0.5, 0.6) is 0 Å². The largest absolute Gasteiger partial charge is 0.353 e. The summed E-state index contributed by atoms with van der Waals surface area (Å²) in [4.78, 5) is 23.4. The van der Waals surface area contributed by atoms with Crippen molar-refractivity contribution in [2.45, 2.75) is 42.9 Å². The Bertz CT molecular complexity index is 688. The van der Waals surface area contributed by atoms with Crippen molar-refractivity contribution in [3.63, 3.8) is 0 Å². The third kappa shape index (κ3) is 5.35. The number of hydrogen-bond acceptors (Lipinski definition) is 5. The van der Waals surface area contributed by atoms with E-state index in [2.05, 4.69) is 17.4 Å². The standard InChI is InChI=1S/C17H20N2O3S2/c1-12(8-9-14-6-4-3-5-7-14)18-16(20)13(2)24-15-10-11-23-17(15)19(21)22/h3-7,10-13H,8-9H2,1-2H3,(H,18,20)/t12-,13+/m0/s1. The Morgan fingerprint density at radius 3 is 2.67 bits per heavy atom. The van der Waals surface area contributed by atoms with Crippen molar-refractivity contribution in [2.75, 3.05) is 0 Å². The number of hydrogen-bond donors (Lipinski definition) is 1. The van der Waals surface area contributed by atoms with Gasteiger partial charge in [-0.3, -0.25) is 14.9 Å². The highest BCUT2D eigenvalue weighted by Gasteiger charge is 2.22. The van der Waals surface area contributed by atoms with Crippen LogP contribution in [-0.2, 0) is 11.2 Å². The van der Waals surface area contributed by atoms with Gasteiger partial charge in [0.1, 0.15) is 0 Å². The first-order valence-corrected chi connectivity index (χ1v) is 9.46. The van der Waals surface area contributed by atoms with Gasteiger partial charge in [0.05, 0.1) is 15.1 Å². The summed E-state index contributed by atoms with van der Waals surface area (Å²) in [6, 6.07) is 11.9. The second-order valence-electron chi connectivity index (χ2n) is 5.54. The van der Waals surface area contributed by atoms with Gasteiger partial charge in [0.2, 0.25) is 5.91 Å². The summed E-state index contributed by atoms with van der Waals surface area (Å²) in [5.74, 6) is -0.0962. The van der Waals surface area contributed by atoms with E-state index in [1.54, 1.807) is 18.4 Å². The van der Waals surface area contributed by atoms with Crippen LogP contribution >= 0.6 is 23.1 Å². The Morgan fingerprint density at radius 1 is 1.29 bits per heavy atom. The van der Waals surface area contributed by atoms with E-state index in [0.29, 0.717) is 4.90 Å². The topological polar surface area (TPSA) is 72.2 Å². The predicted molar refractivity (Wildman–Crippen MR) is 98.7 cm³/mol. The highest BCUT2D eigenvalue weighted by atomic mass is 32.2. The van der Waals surface area contributed by atoms with E-state index >= 15 is 0 Å². The molecule has 0 spiro atoms. The molecule has 0 bridgehead atoms. The molecule has 5 nitrogen and oxygen atoms in total. The Balaban J connectivity index is 1.82. The lowest BCUT2D eigenvalue weighted by Gasteiger charge is -2.17. The van der Waals surface area contributed by atoms with Gasteiger partial charge in [-0.15, -0.1) is 11.8 Å². The van der Waals surface area contributed by atoms with Crippen LogP contribution in [0.2, 0.25) is 0 Å². The maximum absolute atomic E-state index is 12.3. The Hall–Kier alpha value is -1.86. The van der Waals surface area contributed by atoms with Gasteiger partial charge in [-0.2, -0.15) is 0 Å². The van der Waals surface area contributed by atoms with E-state index in [4.69, 9.17) is 0 Å². The summed E-state index contributed by atoms with van der Waals surface area (Å²) in [6.07, 6.45) is 1.76. The van der Waals surface area contributed by atoms with Gasteiger partial charge in [0.15, 0.2) is 0 Å². The van der Waals surface area contributed by atoms with Crippen LogP contribution in [-0.4, -0.2) is 22.1 Å². The average Bonchev–Trinajstić information content (AvgIpc) is 3.02. The second-order valence-corrected chi connectivity index (χ2v) is 7.82. The lowest BCUT2D eigenvalue weighted by atomic mass is 10.1. The second kappa shape index (κ2) is 8.84. The average molecular weight is 364 g/mol. The normalized spacial score (nSPS) is 13.2. The number of nitrogens with one attached hydrogen (secondary N) is 1. The minimum Gasteiger partial charge on any atom is -0.353 e. The first-order valence-electron chi connectivity index (χ1n) is 7.70. The molecule has 2 aromatic rings. The molecule has 0 saturated carbocycles. The van der Waals surface area contributed by atoms with Gasteiger partial charge in [0, 0.05) is 6.04 Å². The third-order valence-corrected chi connectivity index (χ3v) is 5.69. The molecule has 1 N–H and O–H groups in total. The van der Waals surface area contributed by atoms with Crippen LogP contribution in [0.15, 0.2) is 46.7 Å². The fraction of sp³-hybridized carbons (Fsp3) is 0.353. The van der Waals surface area contributed by atoms with E-state index in [0.717, 1.165) is 24.2 Å². The quantitative estimate of drug-likeness (QED) is 0.431. The molecule has 0 fully saturated rings. The zero-order valence-electron chi connectivity index (χ0n) is 13.6. The molecule has 2 rings (SSSR count). The SMILES string of the molecule is C[C@@H](CCc1ccccc1)NC(=O)[C@@H](C)Sc1ccsc1[N+](=O)[O-]. The highest BCUT2D eigenvalue weighted by Crippen LogP contribution is 2.36. The summed E-state index contributed by atoms with van der Waals surface area (Å²) in [6.45, 7) is 3.75. The number of thioether (sulfide) groups is 1. The molecule has 7 heteroatoms. The summed E-state index contributed by atoms with van der Waals surface area (Å²) < 4.78 is 0. The molecule has 1 aromatic carbocycles. The van der Waals surface area contributed by atoms with Crippen molar-refractivity contribution in [2.24, 2.45) is 0 Å². The molecule has 2 atom stereocenters. The Kier molecular flexibility index (Phi) is 6.81. The number of amides is 1. The van der Waals surface area contributed by atoms with Crippen LogP contribution in [0.25, 0.3) is 0 Å². The molecule has 128 valence electrons. The van der Waals surface area contributed by atoms with Crippen LogP contribution in [0, 0.1) is 10.1 Å². The molecule has 0 aliphatic rings. The minimum absolute atomic E-state index is 0.0539. The van der Waals surface area contributed by atoms with Crippen LogP contribution in [0.3, 0.4) is 0 Å². The number of rotatable bonds is 8. The van der Waals surface area contributed by atoms with E-state index in [9.17, 15) is 14.9 Å². The van der Waals surface area contributed by atoms with E-state index in [-0.39, 0.29) is 22.2 Å². The van der Waals surface area contributed by atoms with Gasteiger partial charge < -0.3 is 5.32 Å². The highest BCUT2D eigenvalue weighted by molar-refractivity contribution is 8.00. The fourth-order valence-corrected chi connectivity index (χ4v) is 4.07. The van der Waals surface area contributed by atoms with Gasteiger partial charge >= 0.3 is 5.00 Å². The molecule has 1 aromatic heterocycles. The lowest BCUT2D eigenvalue weighted by molar-refractivity contribution is -0.382. The van der Waals surface area contributed by atoms with Crippen LogP contribution in [0.4, 0.5) is 5.00 Å². The summed E-state index contributed by atoms with van der Waals surface area (Å²) in [7, 11) is 0. The number of carbonyl (C=O) groups excluding carboxylic acids is 1. The molecular formula is C17H20N2O3S2. The first-order chi connectivity index (χ1) is 11.5.